The molecular weight excluding hydrogens is 370 g/mol. The van der Waals surface area contributed by atoms with Crippen molar-refractivity contribution >= 4 is 21.7 Å². The highest BCUT2D eigenvalue weighted by atomic mass is 32.2. The highest BCUT2D eigenvalue weighted by molar-refractivity contribution is 7.91. The predicted octanol–water partition coefficient (Wildman–Crippen LogP) is 0.896. The summed E-state index contributed by atoms with van der Waals surface area (Å²) in [6.07, 6.45) is 5.01. The van der Waals surface area contributed by atoms with Gasteiger partial charge in [-0.3, -0.25) is 9.59 Å². The molecule has 0 aromatic rings. The first kappa shape index (κ1) is 19.2. The van der Waals surface area contributed by atoms with Crippen LogP contribution < -0.4 is 0 Å². The number of rotatable bonds is 5. The largest absolute Gasteiger partial charge is 0.455 e. The molecule has 4 saturated carbocycles. The number of sulfone groups is 1. The van der Waals surface area contributed by atoms with Gasteiger partial charge in [0.15, 0.2) is 16.4 Å². The zero-order valence-electron chi connectivity index (χ0n) is 15.9. The number of hydrogen-bond donors (Lipinski definition) is 1. The van der Waals surface area contributed by atoms with E-state index in [1.807, 2.05) is 0 Å². The van der Waals surface area contributed by atoms with Crippen LogP contribution in [0, 0.1) is 17.3 Å². The van der Waals surface area contributed by atoms with Crippen molar-refractivity contribution in [2.45, 2.75) is 63.5 Å². The Morgan fingerprint density at radius 1 is 1.19 bits per heavy atom. The van der Waals surface area contributed by atoms with E-state index in [1.165, 1.54) is 4.90 Å². The second-order valence-electron chi connectivity index (χ2n) is 9.28. The molecule has 8 heteroatoms. The van der Waals surface area contributed by atoms with Crippen LogP contribution in [0.25, 0.3) is 0 Å². The normalized spacial score (nSPS) is 41.5. The second-order valence-corrected chi connectivity index (χ2v) is 11.5. The Morgan fingerprint density at radius 3 is 2.37 bits per heavy atom. The number of esters is 1. The molecule has 0 aromatic carbocycles. The summed E-state index contributed by atoms with van der Waals surface area (Å²) >= 11 is 0. The lowest BCUT2D eigenvalue weighted by atomic mass is 9.48. The lowest BCUT2D eigenvalue weighted by Gasteiger charge is -2.58. The Labute approximate surface area is 160 Å². The Morgan fingerprint density at radius 2 is 1.85 bits per heavy atom. The van der Waals surface area contributed by atoms with E-state index in [4.69, 9.17) is 4.74 Å². The van der Waals surface area contributed by atoms with Crippen molar-refractivity contribution in [1.82, 2.24) is 4.90 Å². The highest BCUT2D eigenvalue weighted by Crippen LogP contribution is 2.61. The van der Waals surface area contributed by atoms with Crippen LogP contribution in [0.15, 0.2) is 0 Å². The minimum absolute atomic E-state index is 0.0130. The Balaban J connectivity index is 1.38. The monoisotopic (exact) mass is 399 g/mol. The van der Waals surface area contributed by atoms with E-state index in [2.05, 4.69) is 0 Å². The molecule has 27 heavy (non-hydrogen) atoms. The first-order valence-corrected chi connectivity index (χ1v) is 11.9. The molecule has 0 spiro atoms. The summed E-state index contributed by atoms with van der Waals surface area (Å²) in [6.45, 7) is 1.85. The molecule has 4 aliphatic carbocycles. The third kappa shape index (κ3) is 3.50. The maximum absolute atomic E-state index is 12.9. The van der Waals surface area contributed by atoms with Crippen molar-refractivity contribution in [1.29, 1.82) is 0 Å². The first-order valence-electron chi connectivity index (χ1n) is 10.0. The van der Waals surface area contributed by atoms with Crippen molar-refractivity contribution in [2.24, 2.45) is 17.3 Å². The van der Waals surface area contributed by atoms with E-state index in [1.54, 1.807) is 6.92 Å². The summed E-state index contributed by atoms with van der Waals surface area (Å²) < 4.78 is 28.8. The topological polar surface area (TPSA) is 101 Å². The van der Waals surface area contributed by atoms with Crippen molar-refractivity contribution in [3.63, 3.8) is 0 Å². The third-order valence-corrected chi connectivity index (χ3v) is 8.85. The number of likely N-dealkylation sites (N-methyl/N-ethyl adjacent to an activating group) is 1. The van der Waals surface area contributed by atoms with Crippen LogP contribution in [0.4, 0.5) is 0 Å². The molecule has 4 bridgehead atoms. The molecule has 2 unspecified atom stereocenters. The van der Waals surface area contributed by atoms with Gasteiger partial charge in [0.1, 0.15) is 0 Å². The van der Waals surface area contributed by atoms with Gasteiger partial charge in [0.25, 0.3) is 5.91 Å². The summed E-state index contributed by atoms with van der Waals surface area (Å²) in [7, 11) is -3.08. The number of hydrogen-bond acceptors (Lipinski definition) is 6. The van der Waals surface area contributed by atoms with E-state index in [0.29, 0.717) is 31.2 Å². The fourth-order valence-corrected chi connectivity index (χ4v) is 8.21. The molecule has 1 aliphatic heterocycles. The number of amides is 1. The number of carbonyl (C=O) groups is 2. The lowest BCUT2D eigenvalue weighted by Crippen LogP contribution is -2.58. The maximum Gasteiger partial charge on any atom is 0.312 e. The third-order valence-electron chi connectivity index (χ3n) is 7.10. The molecule has 152 valence electrons. The van der Waals surface area contributed by atoms with Gasteiger partial charge in [-0.05, 0) is 63.7 Å². The van der Waals surface area contributed by atoms with Crippen LogP contribution >= 0.6 is 0 Å². The van der Waals surface area contributed by atoms with Crippen LogP contribution in [0.3, 0.4) is 0 Å². The Bertz CT molecular complexity index is 733. The molecule has 1 amide bonds. The molecule has 7 nitrogen and oxygen atoms in total. The molecular formula is C19H29NO6S. The number of carbonyl (C=O) groups excluding carboxylic acids is 2. The minimum atomic E-state index is -3.08. The van der Waals surface area contributed by atoms with Crippen LogP contribution in [0.2, 0.25) is 0 Å². The lowest BCUT2D eigenvalue weighted by molar-refractivity contribution is -0.197. The van der Waals surface area contributed by atoms with Crippen LogP contribution in [-0.2, 0) is 24.2 Å². The first-order chi connectivity index (χ1) is 12.6. The number of aliphatic hydroxyl groups is 1. The van der Waals surface area contributed by atoms with Gasteiger partial charge in [-0.1, -0.05) is 0 Å². The van der Waals surface area contributed by atoms with Gasteiger partial charge in [-0.2, -0.15) is 0 Å². The fourth-order valence-electron chi connectivity index (χ4n) is 6.48. The Hall–Kier alpha value is -1.15. The summed E-state index contributed by atoms with van der Waals surface area (Å²) in [5.41, 5.74) is -1.40. The quantitative estimate of drug-likeness (QED) is 0.689. The zero-order valence-corrected chi connectivity index (χ0v) is 16.7. The molecule has 1 saturated heterocycles. The number of nitrogens with zero attached hydrogens (tertiary/aromatic N) is 1. The molecule has 1 heterocycles. The number of ether oxygens (including phenoxy) is 1. The van der Waals surface area contributed by atoms with Crippen LogP contribution in [0.5, 0.6) is 0 Å². The summed E-state index contributed by atoms with van der Waals surface area (Å²) in [5, 5.41) is 10.8. The van der Waals surface area contributed by atoms with Crippen LogP contribution in [0.1, 0.15) is 51.9 Å². The molecule has 0 radical (unpaired) electrons. The van der Waals surface area contributed by atoms with E-state index in [0.717, 1.165) is 32.1 Å². The van der Waals surface area contributed by atoms with E-state index in [9.17, 15) is 23.1 Å². The van der Waals surface area contributed by atoms with Crippen molar-refractivity contribution in [2.75, 3.05) is 24.7 Å². The maximum atomic E-state index is 12.9. The second kappa shape index (κ2) is 6.44. The predicted molar refractivity (Wildman–Crippen MR) is 97.5 cm³/mol. The van der Waals surface area contributed by atoms with E-state index >= 15 is 0 Å². The van der Waals surface area contributed by atoms with Gasteiger partial charge in [0, 0.05) is 12.6 Å². The summed E-state index contributed by atoms with van der Waals surface area (Å²) in [5.74, 6) is 0.132. The minimum Gasteiger partial charge on any atom is -0.455 e. The molecule has 5 fully saturated rings. The molecule has 5 atom stereocenters. The van der Waals surface area contributed by atoms with Crippen molar-refractivity contribution in [3.8, 4) is 0 Å². The average molecular weight is 400 g/mol. The van der Waals surface area contributed by atoms with Gasteiger partial charge in [-0.15, -0.1) is 0 Å². The van der Waals surface area contributed by atoms with Gasteiger partial charge in [0.05, 0.1) is 22.5 Å². The Kier molecular flexibility index (Phi) is 4.57. The van der Waals surface area contributed by atoms with Crippen LogP contribution in [-0.4, -0.2) is 66.6 Å². The van der Waals surface area contributed by atoms with Gasteiger partial charge >= 0.3 is 5.97 Å². The molecule has 0 aromatic heterocycles. The van der Waals surface area contributed by atoms with Gasteiger partial charge in [-0.25, -0.2) is 8.42 Å². The van der Waals surface area contributed by atoms with E-state index in [-0.39, 0.29) is 36.0 Å². The smallest absolute Gasteiger partial charge is 0.312 e. The van der Waals surface area contributed by atoms with E-state index < -0.39 is 20.9 Å². The molecule has 5 rings (SSSR count). The fraction of sp³-hybridized carbons (Fsp3) is 0.895. The molecule has 5 aliphatic rings. The zero-order chi connectivity index (χ0) is 19.4. The highest BCUT2D eigenvalue weighted by Gasteiger charge is 2.61. The van der Waals surface area contributed by atoms with Crippen molar-refractivity contribution in [3.05, 3.63) is 0 Å². The summed E-state index contributed by atoms with van der Waals surface area (Å²) in [4.78, 5) is 27.0. The SMILES string of the molecule is CCN(C(=O)COC(=O)C12C[C@@H]3C[C@@H](CC(O)(C3)C1)C2)[C@@H]1CCS(=O)(=O)C1. The van der Waals surface area contributed by atoms with Gasteiger partial charge < -0.3 is 14.7 Å². The van der Waals surface area contributed by atoms with Crippen molar-refractivity contribution < 1.29 is 27.9 Å². The average Bonchev–Trinajstić information content (AvgIpc) is 2.90. The molecule has 1 N–H and O–H groups in total. The summed E-state index contributed by atoms with van der Waals surface area (Å²) in [6, 6.07) is -0.327. The van der Waals surface area contributed by atoms with Gasteiger partial charge in [0.2, 0.25) is 0 Å². The standard InChI is InChI=1S/C19H29NO6S/c1-2-20(15-3-4-27(24,25)11-15)16(21)10-26-17(22)18-6-13-5-14(7-18)9-19(23,8-13)12-18/h13-15,23H,2-12H2,1H3/t13-,14+,15-,18?,19?/m1/s1.